The normalized spacial score (nSPS) is 46.6. The van der Waals surface area contributed by atoms with Gasteiger partial charge < -0.3 is 14.9 Å². The Kier molecular flexibility index (Phi) is 1.35. The fourth-order valence-corrected chi connectivity index (χ4v) is 2.20. The first kappa shape index (κ1) is 7.53. The van der Waals surface area contributed by atoms with Crippen molar-refractivity contribution in [2.24, 2.45) is 0 Å². The molecule has 0 aromatic carbocycles. The lowest BCUT2D eigenvalue weighted by Gasteiger charge is -2.31. The third-order valence-electron chi connectivity index (χ3n) is 3.01. The smallest absolute Gasteiger partial charge is 0.195 e. The number of epoxide rings is 1. The van der Waals surface area contributed by atoms with E-state index in [2.05, 4.69) is 0 Å². The summed E-state index contributed by atoms with van der Waals surface area (Å²) in [7, 11) is 0. The minimum Gasteiger partial charge on any atom is -0.363 e. The van der Waals surface area contributed by atoms with Gasteiger partial charge in [0.1, 0.15) is 5.60 Å². The minimum absolute atomic E-state index is 0.108. The van der Waals surface area contributed by atoms with Gasteiger partial charge >= 0.3 is 0 Å². The van der Waals surface area contributed by atoms with Crippen LogP contribution in [0.1, 0.15) is 32.6 Å². The van der Waals surface area contributed by atoms with Crippen LogP contribution >= 0.6 is 0 Å². The molecular formula is C8H14O3. The zero-order valence-electron chi connectivity index (χ0n) is 6.71. The van der Waals surface area contributed by atoms with Crippen LogP contribution in [0.4, 0.5) is 0 Å². The molecule has 1 aliphatic heterocycles. The van der Waals surface area contributed by atoms with Crippen LogP contribution in [0.15, 0.2) is 0 Å². The molecule has 2 atom stereocenters. The first-order valence-electron chi connectivity index (χ1n) is 4.25. The maximum atomic E-state index is 9.57. The summed E-state index contributed by atoms with van der Waals surface area (Å²) in [5.74, 6) is -1.56. The second-order valence-corrected chi connectivity index (χ2v) is 3.56. The quantitative estimate of drug-likeness (QED) is 0.429. The van der Waals surface area contributed by atoms with E-state index >= 15 is 0 Å². The number of fused-ring (bicyclic) bond motifs is 1. The van der Waals surface area contributed by atoms with E-state index in [-0.39, 0.29) is 6.10 Å². The van der Waals surface area contributed by atoms with Crippen LogP contribution in [0, 0.1) is 0 Å². The van der Waals surface area contributed by atoms with E-state index in [1.165, 1.54) is 0 Å². The number of rotatable bonds is 1. The number of aliphatic hydroxyl groups is 2. The summed E-state index contributed by atoms with van der Waals surface area (Å²) in [5, 5.41) is 19.1. The van der Waals surface area contributed by atoms with E-state index in [1.54, 1.807) is 0 Å². The zero-order valence-corrected chi connectivity index (χ0v) is 6.71. The monoisotopic (exact) mass is 158 g/mol. The summed E-state index contributed by atoms with van der Waals surface area (Å²) in [6.45, 7) is 1.94. The summed E-state index contributed by atoms with van der Waals surface area (Å²) in [4.78, 5) is 0. The van der Waals surface area contributed by atoms with Crippen molar-refractivity contribution in [3.8, 4) is 0 Å². The lowest BCUT2D eigenvalue weighted by atomic mass is 9.81. The number of ether oxygens (including phenoxy) is 1. The highest BCUT2D eigenvalue weighted by Crippen LogP contribution is 2.54. The van der Waals surface area contributed by atoms with Gasteiger partial charge in [-0.25, -0.2) is 0 Å². The second-order valence-electron chi connectivity index (χ2n) is 3.56. The highest BCUT2D eigenvalue weighted by molar-refractivity contribution is 5.13. The molecule has 2 N–H and O–H groups in total. The molecule has 1 saturated heterocycles. The number of hydrogen-bond acceptors (Lipinski definition) is 3. The summed E-state index contributed by atoms with van der Waals surface area (Å²) in [6.07, 6.45) is 3.11. The standard InChI is InChI=1S/C8H14O3/c1-2-7-6(11-7)4-3-5-8(7,9)10/h6,9-10H,2-5H2,1H3. The van der Waals surface area contributed by atoms with Crippen molar-refractivity contribution in [1.82, 2.24) is 0 Å². The van der Waals surface area contributed by atoms with Gasteiger partial charge in [0.25, 0.3) is 0 Å². The molecular weight excluding hydrogens is 144 g/mol. The topological polar surface area (TPSA) is 53.0 Å². The molecule has 0 amide bonds. The molecule has 1 aliphatic carbocycles. The van der Waals surface area contributed by atoms with Crippen molar-refractivity contribution in [3.05, 3.63) is 0 Å². The van der Waals surface area contributed by atoms with Gasteiger partial charge in [-0.2, -0.15) is 0 Å². The average Bonchev–Trinajstić information content (AvgIpc) is 2.63. The van der Waals surface area contributed by atoms with Crippen LogP contribution in [0.25, 0.3) is 0 Å². The van der Waals surface area contributed by atoms with E-state index in [9.17, 15) is 10.2 Å². The molecule has 64 valence electrons. The Morgan fingerprint density at radius 2 is 2.27 bits per heavy atom. The van der Waals surface area contributed by atoms with Crippen molar-refractivity contribution in [1.29, 1.82) is 0 Å². The van der Waals surface area contributed by atoms with Gasteiger partial charge in [0.15, 0.2) is 5.79 Å². The van der Waals surface area contributed by atoms with Gasteiger partial charge in [-0.1, -0.05) is 6.92 Å². The molecule has 3 heteroatoms. The predicted octanol–water partition coefficient (Wildman–Crippen LogP) is 0.399. The summed E-state index contributed by atoms with van der Waals surface area (Å²) in [6, 6.07) is 0. The third-order valence-corrected chi connectivity index (χ3v) is 3.01. The first-order chi connectivity index (χ1) is 5.12. The summed E-state index contributed by atoms with van der Waals surface area (Å²) >= 11 is 0. The molecule has 0 radical (unpaired) electrons. The highest BCUT2D eigenvalue weighted by Gasteiger charge is 2.68. The summed E-state index contributed by atoms with van der Waals surface area (Å²) < 4.78 is 5.33. The molecule has 2 rings (SSSR count). The van der Waals surface area contributed by atoms with Gasteiger partial charge in [-0.15, -0.1) is 0 Å². The van der Waals surface area contributed by atoms with Gasteiger partial charge in [0.05, 0.1) is 6.10 Å². The molecule has 1 saturated carbocycles. The van der Waals surface area contributed by atoms with Crippen molar-refractivity contribution >= 4 is 0 Å². The van der Waals surface area contributed by atoms with Gasteiger partial charge in [0.2, 0.25) is 0 Å². The van der Waals surface area contributed by atoms with Crippen molar-refractivity contribution < 1.29 is 14.9 Å². The van der Waals surface area contributed by atoms with Gasteiger partial charge in [-0.3, -0.25) is 0 Å². The fraction of sp³-hybridized carbons (Fsp3) is 1.00. The van der Waals surface area contributed by atoms with Crippen LogP contribution in [0.2, 0.25) is 0 Å². The molecule has 2 aliphatic rings. The first-order valence-corrected chi connectivity index (χ1v) is 4.25. The lowest BCUT2D eigenvalue weighted by Crippen LogP contribution is -2.48. The molecule has 11 heavy (non-hydrogen) atoms. The Morgan fingerprint density at radius 1 is 1.55 bits per heavy atom. The second kappa shape index (κ2) is 1.97. The van der Waals surface area contributed by atoms with Gasteiger partial charge in [0, 0.05) is 6.42 Å². The zero-order chi connectivity index (χ0) is 8.11. The van der Waals surface area contributed by atoms with Gasteiger partial charge in [-0.05, 0) is 19.3 Å². The van der Waals surface area contributed by atoms with Crippen LogP contribution in [-0.4, -0.2) is 27.7 Å². The molecule has 0 aromatic heterocycles. The molecule has 0 spiro atoms. The summed E-state index contributed by atoms with van der Waals surface area (Å²) in [5.41, 5.74) is -0.606. The predicted molar refractivity (Wildman–Crippen MR) is 38.9 cm³/mol. The van der Waals surface area contributed by atoms with Crippen LogP contribution in [0.3, 0.4) is 0 Å². The molecule has 0 aromatic rings. The molecule has 2 fully saturated rings. The Labute approximate surface area is 66.0 Å². The van der Waals surface area contributed by atoms with E-state index in [0.717, 1.165) is 12.8 Å². The average molecular weight is 158 g/mol. The Hall–Kier alpha value is -0.120. The molecule has 2 unspecified atom stereocenters. The largest absolute Gasteiger partial charge is 0.363 e. The van der Waals surface area contributed by atoms with E-state index in [4.69, 9.17) is 4.74 Å². The van der Waals surface area contributed by atoms with Crippen LogP contribution in [-0.2, 0) is 4.74 Å². The third kappa shape index (κ3) is 0.789. The highest BCUT2D eigenvalue weighted by atomic mass is 16.7. The lowest BCUT2D eigenvalue weighted by molar-refractivity contribution is -0.216. The molecule has 3 nitrogen and oxygen atoms in total. The van der Waals surface area contributed by atoms with Crippen molar-refractivity contribution in [2.75, 3.05) is 0 Å². The fourth-order valence-electron chi connectivity index (χ4n) is 2.20. The molecule has 0 bridgehead atoms. The van der Waals surface area contributed by atoms with Crippen LogP contribution in [0.5, 0.6) is 0 Å². The SMILES string of the molecule is CCC12OC1CCCC2(O)O. The van der Waals surface area contributed by atoms with Crippen LogP contribution < -0.4 is 0 Å². The Balaban J connectivity index is 2.21. The van der Waals surface area contributed by atoms with E-state index < -0.39 is 11.4 Å². The number of hydrogen-bond donors (Lipinski definition) is 2. The molecule has 1 heterocycles. The Bertz CT molecular complexity index is 178. The van der Waals surface area contributed by atoms with E-state index in [0.29, 0.717) is 12.8 Å². The van der Waals surface area contributed by atoms with Crippen molar-refractivity contribution in [3.63, 3.8) is 0 Å². The maximum absolute atomic E-state index is 9.57. The maximum Gasteiger partial charge on any atom is 0.195 e. The van der Waals surface area contributed by atoms with Crippen molar-refractivity contribution in [2.45, 2.75) is 50.1 Å². The minimum atomic E-state index is -1.56. The van der Waals surface area contributed by atoms with E-state index in [1.807, 2.05) is 6.92 Å². The Morgan fingerprint density at radius 3 is 2.73 bits per heavy atom.